The second-order valence-electron chi connectivity index (χ2n) is 3.98. The fourth-order valence-electron chi connectivity index (χ4n) is 1.96. The Bertz CT molecular complexity index is 405. The van der Waals surface area contributed by atoms with Gasteiger partial charge in [-0.1, -0.05) is 15.9 Å². The van der Waals surface area contributed by atoms with Gasteiger partial charge < -0.3 is 10.6 Å². The Morgan fingerprint density at radius 3 is 2.82 bits per heavy atom. The number of thioether (sulfide) groups is 1. The van der Waals surface area contributed by atoms with Crippen LogP contribution in [0.4, 0.5) is 5.69 Å². The van der Waals surface area contributed by atoms with Crippen LogP contribution in [0.25, 0.3) is 0 Å². The molecule has 0 radical (unpaired) electrons. The van der Waals surface area contributed by atoms with Crippen molar-refractivity contribution in [1.29, 1.82) is 0 Å². The highest BCUT2D eigenvalue weighted by atomic mass is 79.9. The second kappa shape index (κ2) is 5.78. The number of hydrogen-bond acceptors (Lipinski definition) is 4. The van der Waals surface area contributed by atoms with Crippen LogP contribution >= 0.6 is 27.7 Å². The van der Waals surface area contributed by atoms with Gasteiger partial charge in [-0.15, -0.1) is 0 Å². The standard InChI is InChI=1S/C12H16BrN3S/c1-17-7-6-11-8-15-12(14)16(11)10-4-2-9(13)3-5-10/h2-5,11H,6-8H2,1H3,(H2,14,15). The molecule has 1 aliphatic rings. The molecular formula is C12H16BrN3S. The van der Waals surface area contributed by atoms with Gasteiger partial charge in [-0.2, -0.15) is 11.8 Å². The summed E-state index contributed by atoms with van der Waals surface area (Å²) in [5, 5.41) is 0. The molecule has 1 aromatic rings. The Hall–Kier alpha value is -0.680. The van der Waals surface area contributed by atoms with E-state index in [1.54, 1.807) is 0 Å². The minimum Gasteiger partial charge on any atom is -0.370 e. The lowest BCUT2D eigenvalue weighted by Gasteiger charge is -2.26. The molecule has 0 aromatic heterocycles. The first-order valence-corrected chi connectivity index (χ1v) is 7.74. The van der Waals surface area contributed by atoms with Gasteiger partial charge >= 0.3 is 0 Å². The third-order valence-electron chi connectivity index (χ3n) is 2.84. The molecule has 92 valence electrons. The summed E-state index contributed by atoms with van der Waals surface area (Å²) in [6.45, 7) is 0.808. The Balaban J connectivity index is 2.15. The third-order valence-corrected chi connectivity index (χ3v) is 4.01. The van der Waals surface area contributed by atoms with Crippen LogP contribution in [0.3, 0.4) is 0 Å². The number of halogens is 1. The average molecular weight is 314 g/mol. The van der Waals surface area contributed by atoms with Crippen LogP contribution < -0.4 is 10.6 Å². The number of rotatable bonds is 4. The SMILES string of the molecule is CSCCC1CN=C(N)N1c1ccc(Br)cc1. The van der Waals surface area contributed by atoms with E-state index in [-0.39, 0.29) is 0 Å². The van der Waals surface area contributed by atoms with Crippen molar-refractivity contribution in [2.45, 2.75) is 12.5 Å². The van der Waals surface area contributed by atoms with Gasteiger partial charge in [-0.05, 0) is 42.7 Å². The predicted molar refractivity (Wildman–Crippen MR) is 79.9 cm³/mol. The van der Waals surface area contributed by atoms with E-state index >= 15 is 0 Å². The van der Waals surface area contributed by atoms with E-state index in [9.17, 15) is 0 Å². The number of aliphatic imine (C=N–C) groups is 1. The van der Waals surface area contributed by atoms with Gasteiger partial charge in [-0.25, -0.2) is 0 Å². The Morgan fingerprint density at radius 2 is 2.18 bits per heavy atom. The fourth-order valence-corrected chi connectivity index (χ4v) is 2.73. The molecule has 0 saturated heterocycles. The van der Waals surface area contributed by atoms with Crippen LogP contribution in [0.2, 0.25) is 0 Å². The van der Waals surface area contributed by atoms with Gasteiger partial charge in [0.05, 0.1) is 12.6 Å². The lowest BCUT2D eigenvalue weighted by Crippen LogP contribution is -2.41. The summed E-state index contributed by atoms with van der Waals surface area (Å²) in [5.41, 5.74) is 7.09. The minimum atomic E-state index is 0.406. The fraction of sp³-hybridized carbons (Fsp3) is 0.417. The molecule has 1 unspecified atom stereocenters. The van der Waals surface area contributed by atoms with Crippen molar-refractivity contribution in [1.82, 2.24) is 0 Å². The largest absolute Gasteiger partial charge is 0.370 e. The molecule has 0 bridgehead atoms. The smallest absolute Gasteiger partial charge is 0.196 e. The van der Waals surface area contributed by atoms with E-state index in [4.69, 9.17) is 5.73 Å². The van der Waals surface area contributed by atoms with Crippen molar-refractivity contribution in [3.63, 3.8) is 0 Å². The molecule has 17 heavy (non-hydrogen) atoms. The maximum Gasteiger partial charge on any atom is 0.196 e. The predicted octanol–water partition coefficient (Wildman–Crippen LogP) is 2.71. The third kappa shape index (κ3) is 2.96. The van der Waals surface area contributed by atoms with Crippen LogP contribution in [0.15, 0.2) is 33.7 Å². The lowest BCUT2D eigenvalue weighted by atomic mass is 10.2. The second-order valence-corrected chi connectivity index (χ2v) is 5.88. The Kier molecular flexibility index (Phi) is 4.34. The zero-order valence-corrected chi connectivity index (χ0v) is 12.2. The highest BCUT2D eigenvalue weighted by Crippen LogP contribution is 2.24. The van der Waals surface area contributed by atoms with Gasteiger partial charge in [0.2, 0.25) is 0 Å². The van der Waals surface area contributed by atoms with Crippen molar-refractivity contribution >= 4 is 39.3 Å². The summed E-state index contributed by atoms with van der Waals surface area (Å²) in [6.07, 6.45) is 3.24. The van der Waals surface area contributed by atoms with E-state index in [1.165, 1.54) is 0 Å². The first-order chi connectivity index (χ1) is 8.22. The Labute approximate surface area is 115 Å². The molecule has 1 atom stereocenters. The molecule has 0 aliphatic carbocycles. The number of nitrogens with zero attached hydrogens (tertiary/aromatic N) is 2. The van der Waals surface area contributed by atoms with E-state index in [1.807, 2.05) is 23.9 Å². The molecule has 1 aromatic carbocycles. The maximum atomic E-state index is 5.97. The quantitative estimate of drug-likeness (QED) is 0.929. The molecule has 0 saturated carbocycles. The zero-order valence-electron chi connectivity index (χ0n) is 9.77. The highest BCUT2D eigenvalue weighted by molar-refractivity contribution is 9.10. The number of hydrogen-bond donors (Lipinski definition) is 1. The summed E-state index contributed by atoms with van der Waals surface area (Å²) < 4.78 is 1.08. The van der Waals surface area contributed by atoms with Gasteiger partial charge in [0, 0.05) is 10.2 Å². The van der Waals surface area contributed by atoms with Crippen molar-refractivity contribution in [2.75, 3.05) is 23.5 Å². The summed E-state index contributed by atoms with van der Waals surface area (Å²) in [7, 11) is 0. The monoisotopic (exact) mass is 313 g/mol. The van der Waals surface area contributed by atoms with Gasteiger partial charge in [0.15, 0.2) is 5.96 Å². The number of nitrogens with two attached hydrogens (primary N) is 1. The van der Waals surface area contributed by atoms with Crippen molar-refractivity contribution in [3.05, 3.63) is 28.7 Å². The summed E-state index contributed by atoms with van der Waals surface area (Å²) >= 11 is 5.31. The molecule has 0 fully saturated rings. The molecule has 5 heteroatoms. The average Bonchev–Trinajstić information content (AvgIpc) is 2.69. The molecule has 1 aliphatic heterocycles. The molecule has 0 amide bonds. The van der Waals surface area contributed by atoms with E-state index in [0.29, 0.717) is 12.0 Å². The van der Waals surface area contributed by atoms with Crippen LogP contribution in [0, 0.1) is 0 Å². The van der Waals surface area contributed by atoms with Gasteiger partial charge in [0.1, 0.15) is 0 Å². The zero-order chi connectivity index (χ0) is 12.3. The molecule has 3 nitrogen and oxygen atoms in total. The van der Waals surface area contributed by atoms with Crippen LogP contribution in [-0.2, 0) is 0 Å². The minimum absolute atomic E-state index is 0.406. The molecule has 2 rings (SSSR count). The highest BCUT2D eigenvalue weighted by Gasteiger charge is 2.26. The van der Waals surface area contributed by atoms with E-state index in [0.717, 1.165) is 28.9 Å². The topological polar surface area (TPSA) is 41.6 Å². The maximum absolute atomic E-state index is 5.97. The van der Waals surface area contributed by atoms with Crippen molar-refractivity contribution in [2.24, 2.45) is 10.7 Å². The summed E-state index contributed by atoms with van der Waals surface area (Å²) in [6, 6.07) is 8.62. The Morgan fingerprint density at radius 1 is 1.47 bits per heavy atom. The molecule has 0 spiro atoms. The molecule has 2 N–H and O–H groups in total. The van der Waals surface area contributed by atoms with Crippen LogP contribution in [0.1, 0.15) is 6.42 Å². The van der Waals surface area contributed by atoms with Crippen molar-refractivity contribution in [3.8, 4) is 0 Å². The number of guanidine groups is 1. The molecule has 1 heterocycles. The summed E-state index contributed by atoms with van der Waals surface area (Å²) in [5.74, 6) is 1.78. The van der Waals surface area contributed by atoms with Crippen LogP contribution in [0.5, 0.6) is 0 Å². The first kappa shape index (κ1) is 12.8. The normalized spacial score (nSPS) is 19.5. The first-order valence-electron chi connectivity index (χ1n) is 5.56. The number of benzene rings is 1. The van der Waals surface area contributed by atoms with Gasteiger partial charge in [0.25, 0.3) is 0 Å². The van der Waals surface area contributed by atoms with Crippen LogP contribution in [-0.4, -0.2) is 30.6 Å². The van der Waals surface area contributed by atoms with E-state index in [2.05, 4.69) is 44.2 Å². The number of anilines is 1. The van der Waals surface area contributed by atoms with Crippen molar-refractivity contribution < 1.29 is 0 Å². The molecular weight excluding hydrogens is 298 g/mol. The summed E-state index contributed by atoms with van der Waals surface area (Å²) in [4.78, 5) is 6.49. The lowest BCUT2D eigenvalue weighted by molar-refractivity contribution is 0.690. The van der Waals surface area contributed by atoms with Gasteiger partial charge in [-0.3, -0.25) is 4.99 Å². The van der Waals surface area contributed by atoms with E-state index < -0.39 is 0 Å².